The molecule has 3 rings (SSSR count). The Kier molecular flexibility index (Phi) is 7.06. The van der Waals surface area contributed by atoms with Crippen LogP contribution < -0.4 is 5.32 Å². The summed E-state index contributed by atoms with van der Waals surface area (Å²) in [5.74, 6) is -0.400. The second kappa shape index (κ2) is 9.55. The first-order valence-electron chi connectivity index (χ1n) is 9.84. The first-order chi connectivity index (χ1) is 14.2. The van der Waals surface area contributed by atoms with E-state index in [1.54, 1.807) is 24.3 Å². The van der Waals surface area contributed by atoms with Gasteiger partial charge in [0, 0.05) is 0 Å². The fraction of sp³-hybridized carbons (Fsp3) is 0.240. The van der Waals surface area contributed by atoms with Gasteiger partial charge in [-0.05, 0) is 69.0 Å². The fourth-order valence-electron chi connectivity index (χ4n) is 3.05. The molecule has 0 atom stereocenters. The van der Waals surface area contributed by atoms with Crippen LogP contribution in [0.5, 0.6) is 0 Å². The van der Waals surface area contributed by atoms with Crippen molar-refractivity contribution >= 4 is 40.5 Å². The van der Waals surface area contributed by atoms with Gasteiger partial charge in [-0.25, -0.2) is 4.79 Å². The van der Waals surface area contributed by atoms with Crippen molar-refractivity contribution in [1.29, 1.82) is 0 Å². The zero-order chi connectivity index (χ0) is 21.7. The normalized spacial score (nSPS) is 11.2. The van der Waals surface area contributed by atoms with Crippen LogP contribution in [0.4, 0.5) is 11.4 Å². The number of anilines is 2. The number of halogens is 2. The molecule has 0 radical (unpaired) electrons. The zero-order valence-corrected chi connectivity index (χ0v) is 18.8. The van der Waals surface area contributed by atoms with Crippen LogP contribution in [0, 0.1) is 0 Å². The van der Waals surface area contributed by atoms with E-state index in [-0.39, 0.29) is 0 Å². The molecule has 3 aromatic rings. The van der Waals surface area contributed by atoms with Crippen molar-refractivity contribution in [2.45, 2.75) is 39.2 Å². The molecule has 0 aliphatic carbocycles. The van der Waals surface area contributed by atoms with Crippen molar-refractivity contribution < 1.29 is 9.53 Å². The number of aryl methyl sites for hydroxylation is 2. The van der Waals surface area contributed by atoms with E-state index in [2.05, 4.69) is 17.4 Å². The van der Waals surface area contributed by atoms with E-state index in [4.69, 9.17) is 27.9 Å². The molecule has 0 spiro atoms. The van der Waals surface area contributed by atoms with Gasteiger partial charge in [-0.3, -0.25) is 0 Å². The number of rotatable bonds is 6. The van der Waals surface area contributed by atoms with Gasteiger partial charge in [0.25, 0.3) is 0 Å². The number of carbonyl (C=O) groups excluding carboxylic acids is 1. The van der Waals surface area contributed by atoms with Gasteiger partial charge in [0.2, 0.25) is 0 Å². The number of esters is 1. The molecule has 0 amide bonds. The minimum absolute atomic E-state index is 0.400. The van der Waals surface area contributed by atoms with Crippen molar-refractivity contribution in [1.82, 2.24) is 0 Å². The molecule has 30 heavy (non-hydrogen) atoms. The summed E-state index contributed by atoms with van der Waals surface area (Å²) in [6.07, 6.45) is 1.74. The Balaban J connectivity index is 1.93. The molecule has 0 saturated carbocycles. The fourth-order valence-corrected chi connectivity index (χ4v) is 3.54. The Morgan fingerprint density at radius 1 is 0.867 bits per heavy atom. The van der Waals surface area contributed by atoms with Crippen LogP contribution in [0.1, 0.15) is 42.3 Å². The third-order valence-corrected chi connectivity index (χ3v) is 5.10. The summed E-state index contributed by atoms with van der Waals surface area (Å²) in [6.45, 7) is 5.53. The molecular formula is C25H25Cl2NO2. The number of carbonyl (C=O) groups is 1. The third kappa shape index (κ3) is 6.01. The molecule has 3 aromatic carbocycles. The molecule has 0 heterocycles. The lowest BCUT2D eigenvalue weighted by Gasteiger charge is -2.21. The summed E-state index contributed by atoms with van der Waals surface area (Å²) in [6, 6.07) is 21.3. The lowest BCUT2D eigenvalue weighted by Crippen LogP contribution is -2.24. The molecule has 0 aromatic heterocycles. The zero-order valence-electron chi connectivity index (χ0n) is 17.3. The van der Waals surface area contributed by atoms with Crippen molar-refractivity contribution in [3.63, 3.8) is 0 Å². The van der Waals surface area contributed by atoms with Crippen molar-refractivity contribution in [2.75, 3.05) is 5.32 Å². The Bertz CT molecular complexity index is 1010. The molecule has 5 heteroatoms. The average molecular weight is 442 g/mol. The van der Waals surface area contributed by atoms with E-state index >= 15 is 0 Å². The van der Waals surface area contributed by atoms with E-state index in [0.29, 0.717) is 27.0 Å². The maximum atomic E-state index is 12.8. The summed E-state index contributed by atoms with van der Waals surface area (Å²) in [5.41, 5.74) is 3.37. The number of hydrogen-bond donors (Lipinski definition) is 1. The molecule has 0 aliphatic heterocycles. The highest BCUT2D eigenvalue weighted by Crippen LogP contribution is 2.34. The second-order valence-electron chi connectivity index (χ2n) is 8.09. The number of benzene rings is 3. The quantitative estimate of drug-likeness (QED) is 0.402. The monoisotopic (exact) mass is 441 g/mol. The van der Waals surface area contributed by atoms with Crippen LogP contribution in [-0.2, 0) is 17.6 Å². The van der Waals surface area contributed by atoms with Gasteiger partial charge < -0.3 is 10.1 Å². The summed E-state index contributed by atoms with van der Waals surface area (Å²) < 4.78 is 5.59. The van der Waals surface area contributed by atoms with Crippen LogP contribution in [0.25, 0.3) is 0 Å². The van der Waals surface area contributed by atoms with Gasteiger partial charge in [0.05, 0.1) is 27.0 Å². The standard InChI is InChI=1S/C25H25Cl2NO2/c1-25(2,3)30-24(29)19-15-14-18(13-12-17-8-5-4-6-9-17)16-22(19)28-23-20(26)10-7-11-21(23)27/h4-11,14-16,28H,12-13H2,1-3H3. The van der Waals surface area contributed by atoms with Crippen LogP contribution in [0.15, 0.2) is 66.7 Å². The Morgan fingerprint density at radius 2 is 1.50 bits per heavy atom. The van der Waals surface area contributed by atoms with Gasteiger partial charge >= 0.3 is 5.97 Å². The summed E-state index contributed by atoms with van der Waals surface area (Å²) in [5, 5.41) is 4.21. The van der Waals surface area contributed by atoms with Crippen molar-refractivity contribution in [2.24, 2.45) is 0 Å². The lowest BCUT2D eigenvalue weighted by molar-refractivity contribution is 0.00707. The molecule has 156 valence electrons. The SMILES string of the molecule is CC(C)(C)OC(=O)c1ccc(CCc2ccccc2)cc1Nc1c(Cl)cccc1Cl. The molecule has 0 unspecified atom stereocenters. The van der Waals surface area contributed by atoms with Gasteiger partial charge in [-0.1, -0.05) is 65.7 Å². The molecule has 0 aliphatic rings. The largest absolute Gasteiger partial charge is 0.456 e. The first kappa shape index (κ1) is 22.2. The van der Waals surface area contributed by atoms with Crippen molar-refractivity contribution in [3.05, 3.63) is 93.5 Å². The minimum Gasteiger partial charge on any atom is -0.456 e. The van der Waals surface area contributed by atoms with E-state index < -0.39 is 11.6 Å². The van der Waals surface area contributed by atoms with E-state index in [9.17, 15) is 4.79 Å². The Morgan fingerprint density at radius 3 is 2.13 bits per heavy atom. The molecule has 3 nitrogen and oxygen atoms in total. The minimum atomic E-state index is -0.595. The predicted molar refractivity (Wildman–Crippen MR) is 125 cm³/mol. The number of ether oxygens (including phenoxy) is 1. The second-order valence-corrected chi connectivity index (χ2v) is 8.90. The van der Waals surface area contributed by atoms with Crippen LogP contribution in [0.2, 0.25) is 10.0 Å². The van der Waals surface area contributed by atoms with Crippen LogP contribution in [0.3, 0.4) is 0 Å². The highest BCUT2D eigenvalue weighted by atomic mass is 35.5. The van der Waals surface area contributed by atoms with Gasteiger partial charge in [0.15, 0.2) is 0 Å². The van der Waals surface area contributed by atoms with E-state index in [1.165, 1.54) is 5.56 Å². The van der Waals surface area contributed by atoms with Crippen LogP contribution >= 0.6 is 23.2 Å². The topological polar surface area (TPSA) is 38.3 Å². The van der Waals surface area contributed by atoms with Gasteiger partial charge in [-0.2, -0.15) is 0 Å². The maximum absolute atomic E-state index is 12.8. The van der Waals surface area contributed by atoms with E-state index in [1.807, 2.05) is 51.1 Å². The molecule has 1 N–H and O–H groups in total. The Hall–Kier alpha value is -2.49. The molecule has 0 fully saturated rings. The maximum Gasteiger partial charge on any atom is 0.340 e. The highest BCUT2D eigenvalue weighted by molar-refractivity contribution is 6.39. The first-order valence-corrected chi connectivity index (χ1v) is 10.6. The van der Waals surface area contributed by atoms with Crippen molar-refractivity contribution in [3.8, 4) is 0 Å². The number of hydrogen-bond acceptors (Lipinski definition) is 3. The molecular weight excluding hydrogens is 417 g/mol. The number of nitrogens with one attached hydrogen (secondary N) is 1. The predicted octanol–water partition coefficient (Wildman–Crippen LogP) is 7.48. The van der Waals surface area contributed by atoms with Crippen LogP contribution in [-0.4, -0.2) is 11.6 Å². The smallest absolute Gasteiger partial charge is 0.340 e. The molecule has 0 saturated heterocycles. The molecule has 0 bridgehead atoms. The average Bonchev–Trinajstić information content (AvgIpc) is 2.69. The summed E-state index contributed by atoms with van der Waals surface area (Å²) >= 11 is 12.7. The van der Waals surface area contributed by atoms with Gasteiger partial charge in [-0.15, -0.1) is 0 Å². The van der Waals surface area contributed by atoms with E-state index in [0.717, 1.165) is 18.4 Å². The lowest BCUT2D eigenvalue weighted by atomic mass is 10.0. The van der Waals surface area contributed by atoms with Gasteiger partial charge in [0.1, 0.15) is 5.60 Å². The highest BCUT2D eigenvalue weighted by Gasteiger charge is 2.21. The Labute approximate surface area is 188 Å². The third-order valence-electron chi connectivity index (χ3n) is 4.47. The summed E-state index contributed by atoms with van der Waals surface area (Å²) in [4.78, 5) is 12.8. The number of para-hydroxylation sites is 1. The summed E-state index contributed by atoms with van der Waals surface area (Å²) in [7, 11) is 0.